The van der Waals surface area contributed by atoms with E-state index in [1.165, 1.54) is 12.4 Å². The van der Waals surface area contributed by atoms with Gasteiger partial charge in [-0.15, -0.1) is 0 Å². The third kappa shape index (κ3) is 8.62. The summed E-state index contributed by atoms with van der Waals surface area (Å²) in [5.41, 5.74) is 0.863. The minimum atomic E-state index is -0.570. The van der Waals surface area contributed by atoms with Gasteiger partial charge >= 0.3 is 17.1 Å². The Balaban J connectivity index is 0.000000253. The molecule has 186 valence electrons. The van der Waals surface area contributed by atoms with Crippen molar-refractivity contribution in [2.24, 2.45) is 9.98 Å². The van der Waals surface area contributed by atoms with Crippen LogP contribution in [0.3, 0.4) is 0 Å². The zero-order valence-electron chi connectivity index (χ0n) is 18.7. The van der Waals surface area contributed by atoms with Crippen LogP contribution in [0.5, 0.6) is 11.5 Å². The zero-order chi connectivity index (χ0) is 25.9. The second-order valence-corrected chi connectivity index (χ2v) is 6.84. The van der Waals surface area contributed by atoms with Gasteiger partial charge in [0.05, 0.1) is 45.0 Å². The van der Waals surface area contributed by atoms with Gasteiger partial charge in [0, 0.05) is 36.7 Å². The number of nitro benzene ring substituents is 2. The maximum Gasteiger partial charge on any atom is 2.00 e. The molecule has 4 aromatic rings. The van der Waals surface area contributed by atoms with Gasteiger partial charge < -0.3 is 10.2 Å². The SMILES string of the molecule is O=[N+]([O-])c1ccc([O-])c(N=Cc2ccccn2)c1.O=[N+]([O-])c1ccc([O-])c(N=Cc2ccccn2)c1.[Fe+2]. The second-order valence-electron chi connectivity index (χ2n) is 6.84. The first kappa shape index (κ1) is 28.2. The molecule has 4 rings (SSSR count). The Labute approximate surface area is 220 Å². The maximum atomic E-state index is 11.5. The van der Waals surface area contributed by atoms with Gasteiger partial charge in [0.1, 0.15) is 0 Å². The van der Waals surface area contributed by atoms with E-state index in [2.05, 4.69) is 20.0 Å². The first-order valence-corrected chi connectivity index (χ1v) is 10.1. The fourth-order valence-electron chi connectivity index (χ4n) is 2.62. The van der Waals surface area contributed by atoms with Crippen LogP contribution in [0.4, 0.5) is 22.7 Å². The van der Waals surface area contributed by atoms with Crippen LogP contribution in [-0.2, 0) is 17.1 Å². The molecule has 2 aromatic heterocycles. The van der Waals surface area contributed by atoms with E-state index in [0.717, 1.165) is 36.4 Å². The molecule has 2 aromatic carbocycles. The predicted octanol–water partition coefficient (Wildman–Crippen LogP) is 3.63. The van der Waals surface area contributed by atoms with Crippen LogP contribution >= 0.6 is 0 Å². The summed E-state index contributed by atoms with van der Waals surface area (Å²) < 4.78 is 0. The third-order valence-corrected chi connectivity index (χ3v) is 4.35. The van der Waals surface area contributed by atoms with E-state index >= 15 is 0 Å². The summed E-state index contributed by atoms with van der Waals surface area (Å²) in [6.07, 6.45) is 5.96. The van der Waals surface area contributed by atoms with E-state index in [-0.39, 0.29) is 51.3 Å². The smallest absolute Gasteiger partial charge is 0.871 e. The first-order chi connectivity index (χ1) is 17.3. The number of benzene rings is 2. The molecular formula is C24H16FeN6O6. The van der Waals surface area contributed by atoms with Crippen LogP contribution in [0.1, 0.15) is 11.4 Å². The number of hydrogen-bond acceptors (Lipinski definition) is 10. The molecule has 37 heavy (non-hydrogen) atoms. The Bertz CT molecular complexity index is 1310. The zero-order valence-corrected chi connectivity index (χ0v) is 19.8. The summed E-state index contributed by atoms with van der Waals surface area (Å²) in [5.74, 6) is -0.736. The number of aliphatic imine (C=N–C) groups is 2. The van der Waals surface area contributed by atoms with Crippen molar-refractivity contribution in [3.8, 4) is 11.5 Å². The normalized spacial score (nSPS) is 10.4. The number of nitrogens with zero attached hydrogens (tertiary/aromatic N) is 6. The first-order valence-electron chi connectivity index (χ1n) is 10.1. The molecule has 0 spiro atoms. The van der Waals surface area contributed by atoms with Gasteiger partial charge in [-0.25, -0.2) is 0 Å². The fourth-order valence-corrected chi connectivity index (χ4v) is 2.62. The van der Waals surface area contributed by atoms with Crippen molar-refractivity contribution in [3.63, 3.8) is 0 Å². The molecule has 0 N–H and O–H groups in total. The van der Waals surface area contributed by atoms with Crippen LogP contribution in [-0.4, -0.2) is 32.2 Å². The van der Waals surface area contributed by atoms with Crippen LogP contribution in [0.2, 0.25) is 0 Å². The summed E-state index contributed by atoms with van der Waals surface area (Å²) in [6, 6.07) is 17.3. The second kappa shape index (κ2) is 13.8. The Kier molecular flexibility index (Phi) is 10.5. The quantitative estimate of drug-likeness (QED) is 0.154. The Morgan fingerprint density at radius 2 is 1.05 bits per heavy atom. The number of non-ortho nitro benzene ring substituents is 2. The number of hydrogen-bond donors (Lipinski definition) is 0. The molecule has 0 radical (unpaired) electrons. The molecule has 2 heterocycles. The molecule has 0 aliphatic rings. The third-order valence-electron chi connectivity index (χ3n) is 4.35. The van der Waals surface area contributed by atoms with Gasteiger partial charge in [-0.1, -0.05) is 35.8 Å². The maximum absolute atomic E-state index is 11.5. The minimum absolute atomic E-state index is 0. The van der Waals surface area contributed by atoms with Crippen LogP contribution in [0, 0.1) is 20.2 Å². The number of rotatable bonds is 6. The molecule has 0 bridgehead atoms. The van der Waals surface area contributed by atoms with Gasteiger partial charge in [-0.2, -0.15) is 0 Å². The van der Waals surface area contributed by atoms with E-state index in [0.29, 0.717) is 11.4 Å². The molecule has 0 atom stereocenters. The molecule has 0 aliphatic heterocycles. The summed E-state index contributed by atoms with van der Waals surface area (Å²) in [4.78, 5) is 35.8. The molecule has 0 unspecified atom stereocenters. The number of nitro groups is 2. The summed E-state index contributed by atoms with van der Waals surface area (Å²) in [5, 5.41) is 44.1. The van der Waals surface area contributed by atoms with Crippen molar-refractivity contribution in [2.45, 2.75) is 0 Å². The van der Waals surface area contributed by atoms with E-state index < -0.39 is 9.85 Å². The average molecular weight is 540 g/mol. The average Bonchev–Trinajstić information content (AvgIpc) is 2.89. The number of pyridine rings is 2. The van der Waals surface area contributed by atoms with Gasteiger partial charge in [-0.3, -0.25) is 40.2 Å². The Morgan fingerprint density at radius 3 is 1.38 bits per heavy atom. The monoisotopic (exact) mass is 540 g/mol. The van der Waals surface area contributed by atoms with Gasteiger partial charge in [0.25, 0.3) is 11.4 Å². The van der Waals surface area contributed by atoms with Gasteiger partial charge in [0.15, 0.2) is 0 Å². The van der Waals surface area contributed by atoms with Crippen molar-refractivity contribution in [3.05, 3.63) is 117 Å². The van der Waals surface area contributed by atoms with Crippen LogP contribution in [0.25, 0.3) is 0 Å². The molecule has 13 heteroatoms. The van der Waals surface area contributed by atoms with E-state index in [1.807, 2.05) is 0 Å². The predicted molar refractivity (Wildman–Crippen MR) is 128 cm³/mol. The molecular weight excluding hydrogens is 524 g/mol. The molecule has 12 nitrogen and oxygen atoms in total. The molecule has 0 saturated heterocycles. The van der Waals surface area contributed by atoms with E-state index in [1.54, 1.807) is 48.8 Å². The topological polar surface area (TPSA) is 183 Å². The molecule has 0 aliphatic carbocycles. The molecule has 0 fully saturated rings. The van der Waals surface area contributed by atoms with Crippen molar-refractivity contribution >= 4 is 35.2 Å². The molecule has 0 saturated carbocycles. The summed E-state index contributed by atoms with van der Waals surface area (Å²) in [7, 11) is 0. The van der Waals surface area contributed by atoms with Crippen molar-refractivity contribution in [1.82, 2.24) is 9.97 Å². The van der Waals surface area contributed by atoms with Crippen LogP contribution in [0.15, 0.2) is 95.2 Å². The van der Waals surface area contributed by atoms with Crippen molar-refractivity contribution < 1.29 is 37.1 Å². The Hall–Kier alpha value is -5.00. The van der Waals surface area contributed by atoms with Gasteiger partial charge in [0.2, 0.25) is 0 Å². The van der Waals surface area contributed by atoms with Crippen LogP contribution < -0.4 is 10.2 Å². The largest absolute Gasteiger partial charge is 2.00 e. The van der Waals surface area contributed by atoms with Crippen molar-refractivity contribution in [2.75, 3.05) is 0 Å². The van der Waals surface area contributed by atoms with Gasteiger partial charge in [-0.05, 0) is 24.3 Å². The standard InChI is InChI=1S/2C12H9N3O3.Fe/c2*16-12-5-4-10(15(17)18)7-11(12)14-8-9-3-1-2-6-13-9;/h2*1-8,16H;/q;;+2/p-2. The summed E-state index contributed by atoms with van der Waals surface area (Å²) in [6.45, 7) is 0. The van der Waals surface area contributed by atoms with E-state index in [9.17, 15) is 30.4 Å². The minimum Gasteiger partial charge on any atom is -0.871 e. The van der Waals surface area contributed by atoms with E-state index in [4.69, 9.17) is 0 Å². The molecule has 0 amide bonds. The fraction of sp³-hybridized carbons (Fsp3) is 0. The van der Waals surface area contributed by atoms with Crippen molar-refractivity contribution in [1.29, 1.82) is 0 Å². The summed E-state index contributed by atoms with van der Waals surface area (Å²) >= 11 is 0. The Morgan fingerprint density at radius 1 is 0.649 bits per heavy atom. The number of aromatic nitrogens is 2.